The first-order chi connectivity index (χ1) is 8.05. The molecule has 0 aliphatic carbocycles. The van der Waals surface area contributed by atoms with E-state index in [-0.39, 0.29) is 6.04 Å². The predicted molar refractivity (Wildman–Crippen MR) is 63.2 cm³/mol. The van der Waals surface area contributed by atoms with Crippen LogP contribution in [0.5, 0.6) is 0 Å². The summed E-state index contributed by atoms with van der Waals surface area (Å²) < 4.78 is 37.4. The fourth-order valence-corrected chi connectivity index (χ4v) is 2.83. The van der Waals surface area contributed by atoms with Crippen molar-refractivity contribution in [3.05, 3.63) is 23.9 Å². The lowest BCUT2D eigenvalue weighted by Gasteiger charge is -2.23. The summed E-state index contributed by atoms with van der Waals surface area (Å²) in [4.78, 5) is 3.60. The van der Waals surface area contributed by atoms with Crippen molar-refractivity contribution in [2.75, 3.05) is 16.8 Å². The second-order valence-electron chi connectivity index (χ2n) is 3.94. The van der Waals surface area contributed by atoms with Gasteiger partial charge >= 0.3 is 6.18 Å². The molecule has 1 fully saturated rings. The van der Waals surface area contributed by atoms with Gasteiger partial charge in [-0.05, 0) is 36.5 Å². The van der Waals surface area contributed by atoms with Crippen LogP contribution in [0.15, 0.2) is 18.2 Å². The van der Waals surface area contributed by atoms with E-state index < -0.39 is 11.9 Å². The van der Waals surface area contributed by atoms with Crippen LogP contribution in [0.1, 0.15) is 18.5 Å². The van der Waals surface area contributed by atoms with Gasteiger partial charge in [0.1, 0.15) is 11.5 Å². The number of hydrogen-bond donors (Lipinski definition) is 1. The van der Waals surface area contributed by atoms with Crippen LogP contribution in [0.25, 0.3) is 0 Å². The maximum Gasteiger partial charge on any atom is 0.433 e. The van der Waals surface area contributed by atoms with Gasteiger partial charge in [0.25, 0.3) is 0 Å². The Bertz CT molecular complexity index is 375. The number of thioether (sulfide) groups is 1. The highest BCUT2D eigenvalue weighted by Gasteiger charge is 2.32. The number of pyridine rings is 1. The summed E-state index contributed by atoms with van der Waals surface area (Å²) in [6, 6.07) is 4.20. The molecular formula is C11H13F3N2S. The van der Waals surface area contributed by atoms with Crippen molar-refractivity contribution in [3.8, 4) is 0 Å². The van der Waals surface area contributed by atoms with Gasteiger partial charge in [-0.25, -0.2) is 4.98 Å². The Hall–Kier alpha value is -0.910. The van der Waals surface area contributed by atoms with E-state index in [4.69, 9.17) is 0 Å². The van der Waals surface area contributed by atoms with Gasteiger partial charge in [0.05, 0.1) is 0 Å². The van der Waals surface area contributed by atoms with Gasteiger partial charge in [-0.15, -0.1) is 0 Å². The molecule has 0 bridgehead atoms. The molecule has 0 amide bonds. The van der Waals surface area contributed by atoms with Crippen molar-refractivity contribution in [1.82, 2.24) is 4.98 Å². The molecule has 0 aromatic carbocycles. The average molecular weight is 262 g/mol. The van der Waals surface area contributed by atoms with Gasteiger partial charge in [-0.3, -0.25) is 0 Å². The molecular weight excluding hydrogens is 249 g/mol. The molecule has 1 aliphatic heterocycles. The van der Waals surface area contributed by atoms with Gasteiger partial charge in [-0.1, -0.05) is 6.07 Å². The molecule has 0 radical (unpaired) electrons. The van der Waals surface area contributed by atoms with Crippen molar-refractivity contribution >= 4 is 17.6 Å². The molecule has 0 unspecified atom stereocenters. The lowest BCUT2D eigenvalue weighted by atomic mass is 10.1. The third-order valence-corrected chi connectivity index (χ3v) is 3.66. The van der Waals surface area contributed by atoms with Crippen molar-refractivity contribution in [1.29, 1.82) is 0 Å². The molecule has 0 saturated carbocycles. The second-order valence-corrected chi connectivity index (χ2v) is 5.16. The van der Waals surface area contributed by atoms with Crippen LogP contribution >= 0.6 is 11.8 Å². The zero-order chi connectivity index (χ0) is 12.3. The first-order valence-corrected chi connectivity index (χ1v) is 6.60. The van der Waals surface area contributed by atoms with E-state index >= 15 is 0 Å². The van der Waals surface area contributed by atoms with Gasteiger partial charge in [0.2, 0.25) is 0 Å². The Labute approximate surface area is 102 Å². The van der Waals surface area contributed by atoms with Crippen LogP contribution in [-0.4, -0.2) is 22.5 Å². The van der Waals surface area contributed by atoms with Crippen LogP contribution in [0.4, 0.5) is 19.0 Å². The monoisotopic (exact) mass is 262 g/mol. The Morgan fingerprint density at radius 2 is 1.94 bits per heavy atom. The van der Waals surface area contributed by atoms with Crippen LogP contribution in [0.3, 0.4) is 0 Å². The summed E-state index contributed by atoms with van der Waals surface area (Å²) in [7, 11) is 0. The predicted octanol–water partition coefficient (Wildman–Crippen LogP) is 3.41. The first-order valence-electron chi connectivity index (χ1n) is 5.44. The summed E-state index contributed by atoms with van der Waals surface area (Å²) in [6.45, 7) is 0. The molecule has 2 rings (SSSR count). The second kappa shape index (κ2) is 5.16. The molecule has 17 heavy (non-hydrogen) atoms. The smallest absolute Gasteiger partial charge is 0.367 e. The largest absolute Gasteiger partial charge is 0.433 e. The minimum atomic E-state index is -4.37. The first kappa shape index (κ1) is 12.5. The minimum absolute atomic E-state index is 0.243. The number of rotatable bonds is 2. The summed E-state index contributed by atoms with van der Waals surface area (Å²) in [5.41, 5.74) is -0.840. The summed E-state index contributed by atoms with van der Waals surface area (Å²) in [5.74, 6) is 2.42. The Morgan fingerprint density at radius 1 is 1.24 bits per heavy atom. The third kappa shape index (κ3) is 3.52. The summed E-state index contributed by atoms with van der Waals surface area (Å²) in [6.07, 6.45) is -2.43. The number of nitrogens with zero attached hydrogens (tertiary/aromatic N) is 1. The summed E-state index contributed by atoms with van der Waals surface area (Å²) >= 11 is 1.88. The highest BCUT2D eigenvalue weighted by Crippen LogP contribution is 2.28. The fraction of sp³-hybridized carbons (Fsp3) is 0.545. The van der Waals surface area contributed by atoms with Crippen LogP contribution in [-0.2, 0) is 6.18 Å². The van der Waals surface area contributed by atoms with E-state index in [1.807, 2.05) is 11.8 Å². The maximum atomic E-state index is 12.5. The SMILES string of the molecule is FC(F)(F)c1cccc(NC2CCSCC2)n1. The zero-order valence-corrected chi connectivity index (χ0v) is 9.94. The number of halogens is 3. The number of nitrogens with one attached hydrogen (secondary N) is 1. The van der Waals surface area contributed by atoms with E-state index in [0.717, 1.165) is 30.4 Å². The lowest BCUT2D eigenvalue weighted by molar-refractivity contribution is -0.141. The van der Waals surface area contributed by atoms with Crippen molar-refractivity contribution < 1.29 is 13.2 Å². The highest BCUT2D eigenvalue weighted by molar-refractivity contribution is 7.99. The molecule has 1 N–H and O–H groups in total. The number of anilines is 1. The Balaban J connectivity index is 2.05. The molecule has 94 valence electrons. The lowest BCUT2D eigenvalue weighted by Crippen LogP contribution is -2.25. The maximum absolute atomic E-state index is 12.5. The molecule has 0 spiro atoms. The Kier molecular flexibility index (Phi) is 3.81. The van der Waals surface area contributed by atoms with E-state index in [9.17, 15) is 13.2 Å². The molecule has 2 nitrogen and oxygen atoms in total. The standard InChI is InChI=1S/C11H13F3N2S/c12-11(13,14)9-2-1-3-10(16-9)15-8-4-6-17-7-5-8/h1-3,8H,4-7H2,(H,15,16). The topological polar surface area (TPSA) is 24.9 Å². The molecule has 2 heterocycles. The van der Waals surface area contributed by atoms with Crippen LogP contribution in [0.2, 0.25) is 0 Å². The summed E-state index contributed by atoms with van der Waals surface area (Å²) in [5, 5.41) is 3.07. The molecule has 1 saturated heterocycles. The van der Waals surface area contributed by atoms with Crippen molar-refractivity contribution in [2.45, 2.75) is 25.1 Å². The molecule has 1 aliphatic rings. The molecule has 6 heteroatoms. The van der Waals surface area contributed by atoms with Gasteiger partial charge in [0.15, 0.2) is 0 Å². The number of hydrogen-bond acceptors (Lipinski definition) is 3. The van der Waals surface area contributed by atoms with Crippen molar-refractivity contribution in [2.24, 2.45) is 0 Å². The number of alkyl halides is 3. The zero-order valence-electron chi connectivity index (χ0n) is 9.13. The molecule has 0 atom stereocenters. The molecule has 1 aromatic rings. The number of aromatic nitrogens is 1. The third-order valence-electron chi connectivity index (χ3n) is 2.61. The van der Waals surface area contributed by atoms with E-state index in [1.165, 1.54) is 6.07 Å². The van der Waals surface area contributed by atoms with Crippen molar-refractivity contribution in [3.63, 3.8) is 0 Å². The average Bonchev–Trinajstić information content (AvgIpc) is 2.29. The van der Waals surface area contributed by atoms with Gasteiger partial charge in [-0.2, -0.15) is 24.9 Å². The van der Waals surface area contributed by atoms with Crippen LogP contribution in [0, 0.1) is 0 Å². The normalized spacial score (nSPS) is 18.1. The Morgan fingerprint density at radius 3 is 2.59 bits per heavy atom. The van der Waals surface area contributed by atoms with Gasteiger partial charge < -0.3 is 5.32 Å². The molecule has 1 aromatic heterocycles. The van der Waals surface area contributed by atoms with Crippen LogP contribution < -0.4 is 5.32 Å². The quantitative estimate of drug-likeness (QED) is 0.884. The minimum Gasteiger partial charge on any atom is -0.367 e. The van der Waals surface area contributed by atoms with E-state index in [2.05, 4.69) is 10.3 Å². The van der Waals surface area contributed by atoms with E-state index in [0.29, 0.717) is 5.82 Å². The fourth-order valence-electron chi connectivity index (χ4n) is 1.72. The highest BCUT2D eigenvalue weighted by atomic mass is 32.2. The van der Waals surface area contributed by atoms with Gasteiger partial charge in [0, 0.05) is 6.04 Å². The van der Waals surface area contributed by atoms with E-state index in [1.54, 1.807) is 6.07 Å².